The Kier molecular flexibility index (Phi) is 4.20. The number of aryl methyl sites for hydroxylation is 1. The summed E-state index contributed by atoms with van der Waals surface area (Å²) >= 11 is 1.32. The number of anilines is 1. The number of hydrogen-bond acceptors (Lipinski definition) is 7. The van der Waals surface area contributed by atoms with E-state index in [4.69, 9.17) is 4.74 Å². The molecule has 2 N–H and O–H groups in total. The number of nitrogens with one attached hydrogen (secondary N) is 2. The molecule has 1 aliphatic rings. The number of ether oxygens (including phenoxy) is 1. The van der Waals surface area contributed by atoms with Crippen molar-refractivity contribution < 1.29 is 14.3 Å². The fraction of sp³-hybridized carbons (Fsp3) is 0.357. The highest BCUT2D eigenvalue weighted by atomic mass is 32.1. The van der Waals surface area contributed by atoms with Crippen LogP contribution in [0, 0.1) is 0 Å². The van der Waals surface area contributed by atoms with Crippen LogP contribution in [0.2, 0.25) is 0 Å². The monoisotopic (exact) mass is 334 g/mol. The number of esters is 1. The third-order valence-corrected chi connectivity index (χ3v) is 4.47. The predicted octanol–water partition coefficient (Wildman–Crippen LogP) is 1.07. The van der Waals surface area contributed by atoms with Crippen molar-refractivity contribution in [2.24, 2.45) is 0 Å². The Morgan fingerprint density at radius 2 is 2.35 bits per heavy atom. The molecule has 9 heteroatoms. The van der Waals surface area contributed by atoms with Crippen LogP contribution in [-0.4, -0.2) is 33.4 Å². The molecular formula is C14H14N4O4S. The van der Waals surface area contributed by atoms with Gasteiger partial charge >= 0.3 is 5.97 Å². The van der Waals surface area contributed by atoms with Gasteiger partial charge in [-0.2, -0.15) is 0 Å². The van der Waals surface area contributed by atoms with Gasteiger partial charge in [-0.3, -0.25) is 19.7 Å². The molecular weight excluding hydrogens is 320 g/mol. The van der Waals surface area contributed by atoms with E-state index in [1.807, 2.05) is 0 Å². The van der Waals surface area contributed by atoms with Crippen molar-refractivity contribution in [3.05, 3.63) is 39.0 Å². The first-order valence-electron chi connectivity index (χ1n) is 7.10. The van der Waals surface area contributed by atoms with Crippen LogP contribution < -0.4 is 10.9 Å². The van der Waals surface area contributed by atoms with Gasteiger partial charge in [0.15, 0.2) is 5.13 Å². The largest absolute Gasteiger partial charge is 0.465 e. The lowest BCUT2D eigenvalue weighted by Gasteiger charge is -2.07. The molecule has 8 nitrogen and oxygen atoms in total. The van der Waals surface area contributed by atoms with Gasteiger partial charge in [-0.1, -0.05) is 0 Å². The van der Waals surface area contributed by atoms with E-state index in [9.17, 15) is 14.4 Å². The average molecular weight is 334 g/mol. The van der Waals surface area contributed by atoms with Crippen LogP contribution in [0.1, 0.15) is 40.3 Å². The first-order valence-corrected chi connectivity index (χ1v) is 7.92. The van der Waals surface area contributed by atoms with Crippen LogP contribution in [0.4, 0.5) is 5.13 Å². The number of aromatic amines is 1. The molecule has 0 fully saturated rings. The molecule has 2 aromatic heterocycles. The summed E-state index contributed by atoms with van der Waals surface area (Å²) in [6, 6.07) is 1.11. The second kappa shape index (κ2) is 6.29. The van der Waals surface area contributed by atoms with E-state index in [0.717, 1.165) is 23.7 Å². The number of carbonyl (C=O) groups is 2. The van der Waals surface area contributed by atoms with E-state index in [-0.39, 0.29) is 17.6 Å². The van der Waals surface area contributed by atoms with Crippen LogP contribution in [0.15, 0.2) is 17.2 Å². The molecule has 3 rings (SSSR count). The highest BCUT2D eigenvalue weighted by Crippen LogP contribution is 2.38. The maximum atomic E-state index is 12.1. The highest BCUT2D eigenvalue weighted by molar-refractivity contribution is 7.16. The fourth-order valence-electron chi connectivity index (χ4n) is 2.41. The number of hydrogen-bond donors (Lipinski definition) is 2. The van der Waals surface area contributed by atoms with E-state index in [2.05, 4.69) is 20.3 Å². The van der Waals surface area contributed by atoms with Crippen LogP contribution in [0.3, 0.4) is 0 Å². The molecule has 0 radical (unpaired) electrons. The zero-order chi connectivity index (χ0) is 16.4. The predicted molar refractivity (Wildman–Crippen MR) is 82.6 cm³/mol. The summed E-state index contributed by atoms with van der Waals surface area (Å²) in [7, 11) is 0. The summed E-state index contributed by atoms with van der Waals surface area (Å²) in [6.45, 7) is 2.08. The summed E-state index contributed by atoms with van der Waals surface area (Å²) in [5, 5.41) is 2.99. The topological polar surface area (TPSA) is 114 Å². The molecule has 0 saturated carbocycles. The van der Waals surface area contributed by atoms with Gasteiger partial charge in [-0.25, -0.2) is 9.97 Å². The minimum atomic E-state index is -0.517. The van der Waals surface area contributed by atoms with Crippen LogP contribution in [0.25, 0.3) is 0 Å². The summed E-state index contributed by atoms with van der Waals surface area (Å²) in [5.41, 5.74) is 0.267. The maximum Gasteiger partial charge on any atom is 0.315 e. The smallest absolute Gasteiger partial charge is 0.315 e. The Balaban J connectivity index is 1.76. The lowest BCUT2D eigenvalue weighted by molar-refractivity contribution is -0.145. The summed E-state index contributed by atoms with van der Waals surface area (Å²) < 4.78 is 5.05. The second-order valence-corrected chi connectivity index (χ2v) is 6.00. The molecule has 120 valence electrons. The minimum Gasteiger partial charge on any atom is -0.465 e. The highest BCUT2D eigenvalue weighted by Gasteiger charge is 2.33. The lowest BCUT2D eigenvalue weighted by Crippen LogP contribution is -2.18. The van der Waals surface area contributed by atoms with Gasteiger partial charge in [0.1, 0.15) is 11.6 Å². The molecule has 0 spiro atoms. The van der Waals surface area contributed by atoms with E-state index in [1.165, 1.54) is 11.3 Å². The molecule has 0 aromatic carbocycles. The van der Waals surface area contributed by atoms with Gasteiger partial charge in [0.05, 0.1) is 18.6 Å². The van der Waals surface area contributed by atoms with Gasteiger partial charge in [0.2, 0.25) is 0 Å². The fourth-order valence-corrected chi connectivity index (χ4v) is 3.44. The lowest BCUT2D eigenvalue weighted by atomic mass is 10.1. The van der Waals surface area contributed by atoms with Crippen molar-refractivity contribution >= 4 is 28.3 Å². The van der Waals surface area contributed by atoms with E-state index >= 15 is 0 Å². The zero-order valence-corrected chi connectivity index (χ0v) is 13.1. The quantitative estimate of drug-likeness (QED) is 0.809. The molecule has 1 amide bonds. The number of thiazole rings is 1. The van der Waals surface area contributed by atoms with Crippen LogP contribution >= 0.6 is 11.3 Å². The number of rotatable bonds is 4. The van der Waals surface area contributed by atoms with Gasteiger partial charge < -0.3 is 9.72 Å². The molecule has 0 unspecified atom stereocenters. The number of nitrogens with zero attached hydrogens (tertiary/aromatic N) is 2. The molecule has 23 heavy (non-hydrogen) atoms. The SMILES string of the molecule is CCOC(=O)[C@@H]1CCc2sc(NC(=O)c3cc(=O)[nH]cn3)nc21. The number of amides is 1. The third-order valence-electron chi connectivity index (χ3n) is 3.42. The van der Waals surface area contributed by atoms with Gasteiger partial charge in [0.25, 0.3) is 11.5 Å². The van der Waals surface area contributed by atoms with Crippen molar-refractivity contribution in [3.63, 3.8) is 0 Å². The molecule has 2 heterocycles. The van der Waals surface area contributed by atoms with Crippen LogP contribution in [0.5, 0.6) is 0 Å². The number of fused-ring (bicyclic) bond motifs is 1. The van der Waals surface area contributed by atoms with Crippen LogP contribution in [-0.2, 0) is 16.0 Å². The van der Waals surface area contributed by atoms with E-state index < -0.39 is 11.5 Å². The Morgan fingerprint density at radius 3 is 3.09 bits per heavy atom. The van der Waals surface area contributed by atoms with E-state index in [1.54, 1.807) is 6.92 Å². The Labute approximate surface area is 134 Å². The first kappa shape index (κ1) is 15.3. The molecule has 1 atom stereocenters. The normalized spacial score (nSPS) is 16.0. The van der Waals surface area contributed by atoms with Crippen molar-refractivity contribution in [2.45, 2.75) is 25.7 Å². The number of carbonyl (C=O) groups excluding carboxylic acids is 2. The summed E-state index contributed by atoms with van der Waals surface area (Å²) in [4.78, 5) is 46.6. The molecule has 0 saturated heterocycles. The van der Waals surface area contributed by atoms with Gasteiger partial charge in [-0.15, -0.1) is 11.3 Å². The maximum absolute atomic E-state index is 12.1. The zero-order valence-electron chi connectivity index (χ0n) is 12.3. The Bertz CT molecular complexity index is 813. The standard InChI is InChI=1S/C14H14N4O4S/c1-2-22-13(21)7-3-4-9-11(7)17-14(23-9)18-12(20)8-5-10(19)16-6-15-8/h5-7H,2-4H2,1H3,(H,15,16,19)(H,17,18,20)/t7-/m1/s1. The Hall–Kier alpha value is -2.55. The van der Waals surface area contributed by atoms with E-state index in [0.29, 0.717) is 23.9 Å². The molecule has 0 aliphatic heterocycles. The van der Waals surface area contributed by atoms with Crippen molar-refractivity contribution in [2.75, 3.05) is 11.9 Å². The summed E-state index contributed by atoms with van der Waals surface area (Å²) in [5.74, 6) is -1.17. The molecule has 1 aliphatic carbocycles. The van der Waals surface area contributed by atoms with Gasteiger partial charge in [-0.05, 0) is 19.8 Å². The van der Waals surface area contributed by atoms with Crippen molar-refractivity contribution in [1.29, 1.82) is 0 Å². The number of H-pyrrole nitrogens is 1. The summed E-state index contributed by atoms with van der Waals surface area (Å²) in [6.07, 6.45) is 2.57. The second-order valence-electron chi connectivity index (χ2n) is 4.92. The average Bonchev–Trinajstić information content (AvgIpc) is 3.07. The van der Waals surface area contributed by atoms with Crippen molar-refractivity contribution in [1.82, 2.24) is 15.0 Å². The Morgan fingerprint density at radius 1 is 1.52 bits per heavy atom. The van der Waals surface area contributed by atoms with Crippen molar-refractivity contribution in [3.8, 4) is 0 Å². The first-order chi connectivity index (χ1) is 11.1. The van der Waals surface area contributed by atoms with Gasteiger partial charge in [0, 0.05) is 10.9 Å². The number of aromatic nitrogens is 3. The molecule has 0 bridgehead atoms. The third kappa shape index (κ3) is 3.14. The minimum absolute atomic E-state index is 0.00560. The molecule has 2 aromatic rings.